The van der Waals surface area contributed by atoms with Crippen LogP contribution in [0.5, 0.6) is 0 Å². The molecule has 0 spiro atoms. The molecule has 0 aromatic heterocycles. The second-order valence-corrected chi connectivity index (χ2v) is 5.73. The van der Waals surface area contributed by atoms with Crippen LogP contribution in [-0.2, 0) is 9.59 Å². The van der Waals surface area contributed by atoms with Crippen molar-refractivity contribution in [3.8, 4) is 0 Å². The predicted octanol–water partition coefficient (Wildman–Crippen LogP) is 1.000. The van der Waals surface area contributed by atoms with Gasteiger partial charge in [0.15, 0.2) is 0 Å². The lowest BCUT2D eigenvalue weighted by atomic mass is 10.1. The summed E-state index contributed by atoms with van der Waals surface area (Å²) in [6, 6.07) is 4.45. The number of piperazine rings is 1. The Balaban J connectivity index is 1.83. The van der Waals surface area contributed by atoms with Crippen molar-refractivity contribution in [1.82, 2.24) is 15.1 Å². The monoisotopic (exact) mass is 335 g/mol. The van der Waals surface area contributed by atoms with Gasteiger partial charge >= 0.3 is 12.0 Å². The van der Waals surface area contributed by atoms with Crippen LogP contribution in [0.3, 0.4) is 0 Å². The lowest BCUT2D eigenvalue weighted by Gasteiger charge is -2.33. The molecule has 7 nitrogen and oxygen atoms in total. The number of urea groups is 1. The predicted molar refractivity (Wildman–Crippen MR) is 82.6 cm³/mol. The fourth-order valence-electron chi connectivity index (χ4n) is 2.70. The number of carboxylic acids is 1. The minimum Gasteiger partial charge on any atom is -0.480 e. The van der Waals surface area contributed by atoms with E-state index in [1.807, 2.05) is 0 Å². The Morgan fingerprint density at radius 2 is 1.96 bits per heavy atom. The Morgan fingerprint density at radius 1 is 1.26 bits per heavy atom. The van der Waals surface area contributed by atoms with Crippen molar-refractivity contribution in [2.45, 2.75) is 12.1 Å². The summed E-state index contributed by atoms with van der Waals surface area (Å²) in [5.74, 6) is -1.56. The van der Waals surface area contributed by atoms with Crippen molar-refractivity contribution in [2.24, 2.45) is 0 Å². The van der Waals surface area contributed by atoms with Gasteiger partial charge in [-0.25, -0.2) is 14.5 Å². The summed E-state index contributed by atoms with van der Waals surface area (Å²) >= 11 is 5.80. The average molecular weight is 336 g/mol. The van der Waals surface area contributed by atoms with E-state index >= 15 is 0 Å². The van der Waals surface area contributed by atoms with Gasteiger partial charge in [-0.2, -0.15) is 0 Å². The summed E-state index contributed by atoms with van der Waals surface area (Å²) in [7, 11) is 0. The van der Waals surface area contributed by atoms with Crippen LogP contribution in [0.1, 0.15) is 5.56 Å². The molecule has 2 N–H and O–H groups in total. The van der Waals surface area contributed by atoms with Gasteiger partial charge in [-0.1, -0.05) is 23.7 Å². The molecular weight excluding hydrogens is 322 g/mol. The minimum absolute atomic E-state index is 0.125. The highest BCUT2D eigenvalue weighted by Gasteiger charge is 2.51. The first kappa shape index (κ1) is 15.5. The second kappa shape index (κ2) is 6.02. The van der Waals surface area contributed by atoms with Crippen molar-refractivity contribution in [3.05, 3.63) is 41.1 Å². The third kappa shape index (κ3) is 2.80. The van der Waals surface area contributed by atoms with E-state index in [0.717, 1.165) is 15.4 Å². The molecule has 1 aromatic rings. The Bertz CT molecular complexity index is 688. The molecule has 3 amide bonds. The molecule has 23 heavy (non-hydrogen) atoms. The van der Waals surface area contributed by atoms with Gasteiger partial charge in [-0.3, -0.25) is 9.69 Å². The summed E-state index contributed by atoms with van der Waals surface area (Å²) in [5.41, 5.74) is 0.771. The number of nitrogens with zero attached hydrogens (tertiary/aromatic N) is 2. The lowest BCUT2D eigenvalue weighted by molar-refractivity contribution is -0.143. The summed E-state index contributed by atoms with van der Waals surface area (Å²) in [6.45, 7) is 0.374. The Hall–Kier alpha value is -2.38. The van der Waals surface area contributed by atoms with E-state index in [-0.39, 0.29) is 13.1 Å². The molecule has 2 saturated heterocycles. The lowest BCUT2D eigenvalue weighted by Crippen LogP contribution is -2.60. The van der Waals surface area contributed by atoms with Gasteiger partial charge < -0.3 is 10.4 Å². The first-order valence-corrected chi connectivity index (χ1v) is 7.39. The van der Waals surface area contributed by atoms with E-state index in [9.17, 15) is 19.5 Å². The molecule has 0 aliphatic carbocycles. The molecule has 2 atom stereocenters. The maximum absolute atomic E-state index is 12.4. The zero-order valence-electron chi connectivity index (χ0n) is 12.0. The first-order chi connectivity index (χ1) is 11.0. The van der Waals surface area contributed by atoms with Crippen LogP contribution in [0.25, 0.3) is 6.08 Å². The van der Waals surface area contributed by atoms with Crippen LogP contribution in [0, 0.1) is 0 Å². The molecule has 0 radical (unpaired) electrons. The van der Waals surface area contributed by atoms with Gasteiger partial charge in [-0.05, 0) is 23.8 Å². The molecule has 2 aliphatic rings. The molecule has 1 aromatic carbocycles. The van der Waals surface area contributed by atoms with Crippen LogP contribution in [0.2, 0.25) is 5.02 Å². The number of hydrogen-bond donors (Lipinski definition) is 2. The summed E-state index contributed by atoms with van der Waals surface area (Å²) in [5, 5.41) is 12.7. The molecule has 2 aliphatic heterocycles. The van der Waals surface area contributed by atoms with E-state index in [0.29, 0.717) is 5.02 Å². The molecular formula is C15H14ClN3O4. The van der Waals surface area contributed by atoms with Gasteiger partial charge in [0.25, 0.3) is 5.91 Å². The fraction of sp³-hybridized carbons (Fsp3) is 0.267. The first-order valence-electron chi connectivity index (χ1n) is 7.01. The highest BCUT2D eigenvalue weighted by molar-refractivity contribution is 6.30. The number of imide groups is 1. The van der Waals surface area contributed by atoms with Gasteiger partial charge in [0, 0.05) is 24.3 Å². The van der Waals surface area contributed by atoms with Gasteiger partial charge in [0.2, 0.25) is 0 Å². The van der Waals surface area contributed by atoms with Crippen LogP contribution in [0.15, 0.2) is 30.5 Å². The Labute approximate surface area is 137 Å². The number of hydrogen-bond acceptors (Lipinski definition) is 4. The van der Waals surface area contributed by atoms with Crippen molar-refractivity contribution in [1.29, 1.82) is 0 Å². The zero-order valence-corrected chi connectivity index (χ0v) is 12.7. The SMILES string of the molecule is O=C(O)[C@@H]1CNC[C@H]2C(=O)N(C=Cc3ccc(Cl)cc3)C(=O)N12. The second-order valence-electron chi connectivity index (χ2n) is 5.29. The third-order valence-electron chi connectivity index (χ3n) is 3.87. The van der Waals surface area contributed by atoms with E-state index in [1.54, 1.807) is 30.3 Å². The van der Waals surface area contributed by atoms with Gasteiger partial charge in [0.05, 0.1) is 0 Å². The number of nitrogens with one attached hydrogen (secondary N) is 1. The maximum atomic E-state index is 12.4. The number of rotatable bonds is 3. The molecule has 0 saturated carbocycles. The highest BCUT2D eigenvalue weighted by Crippen LogP contribution is 2.24. The number of carbonyl (C=O) groups is 3. The van der Waals surface area contributed by atoms with E-state index in [1.165, 1.54) is 6.20 Å². The largest absolute Gasteiger partial charge is 0.480 e. The fourth-order valence-corrected chi connectivity index (χ4v) is 2.83. The molecule has 0 bridgehead atoms. The quantitative estimate of drug-likeness (QED) is 0.804. The molecule has 3 rings (SSSR count). The summed E-state index contributed by atoms with van der Waals surface area (Å²) < 4.78 is 0. The highest BCUT2D eigenvalue weighted by atomic mass is 35.5. The molecule has 120 valence electrons. The molecule has 2 heterocycles. The van der Waals surface area contributed by atoms with Crippen molar-refractivity contribution >= 4 is 35.6 Å². The zero-order chi connectivity index (χ0) is 16.6. The molecule has 2 fully saturated rings. The number of benzene rings is 1. The topological polar surface area (TPSA) is 90.0 Å². The summed E-state index contributed by atoms with van der Waals surface area (Å²) in [4.78, 5) is 38.1. The number of carbonyl (C=O) groups excluding carboxylic acids is 2. The normalized spacial score (nSPS) is 24.4. The third-order valence-corrected chi connectivity index (χ3v) is 4.12. The van der Waals surface area contributed by atoms with Crippen molar-refractivity contribution in [3.63, 3.8) is 0 Å². The maximum Gasteiger partial charge on any atom is 0.332 e. The number of aliphatic carboxylic acids is 1. The average Bonchev–Trinajstić information content (AvgIpc) is 2.78. The van der Waals surface area contributed by atoms with Gasteiger partial charge in [0.1, 0.15) is 12.1 Å². The Kier molecular flexibility index (Phi) is 4.06. The van der Waals surface area contributed by atoms with Crippen molar-refractivity contribution in [2.75, 3.05) is 13.1 Å². The minimum atomic E-state index is -1.13. The number of halogens is 1. The molecule has 8 heteroatoms. The van der Waals surface area contributed by atoms with Crippen LogP contribution in [-0.4, -0.2) is 58.0 Å². The van der Waals surface area contributed by atoms with Crippen LogP contribution in [0.4, 0.5) is 4.79 Å². The number of fused-ring (bicyclic) bond motifs is 1. The van der Waals surface area contributed by atoms with Crippen LogP contribution < -0.4 is 5.32 Å². The van der Waals surface area contributed by atoms with Gasteiger partial charge in [-0.15, -0.1) is 0 Å². The van der Waals surface area contributed by atoms with Crippen LogP contribution >= 0.6 is 11.6 Å². The number of amides is 3. The standard InChI is InChI=1S/C15H14ClN3O4/c16-10-3-1-9(2-4-10)5-6-18-13(20)11-7-17-8-12(14(21)22)19(11)15(18)23/h1-6,11-12,17H,7-8H2,(H,21,22)/t11-,12-/m0/s1. The number of carboxylic acid groups (broad SMARTS) is 1. The summed E-state index contributed by atoms with van der Waals surface area (Å²) in [6.07, 6.45) is 2.97. The smallest absolute Gasteiger partial charge is 0.332 e. The molecule has 0 unspecified atom stereocenters. The van der Waals surface area contributed by atoms with E-state index in [4.69, 9.17) is 11.6 Å². The van der Waals surface area contributed by atoms with Crippen molar-refractivity contribution < 1.29 is 19.5 Å². The Morgan fingerprint density at radius 3 is 2.61 bits per heavy atom. The van der Waals surface area contributed by atoms with E-state index < -0.39 is 30.0 Å². The van der Waals surface area contributed by atoms with E-state index in [2.05, 4.69) is 5.32 Å².